The molecule has 1 heterocycles. The lowest BCUT2D eigenvalue weighted by atomic mass is 10.2. The quantitative estimate of drug-likeness (QED) is 0.752. The van der Waals surface area contributed by atoms with E-state index in [1.54, 1.807) is 0 Å². The molecule has 1 aliphatic heterocycles. The number of anilines is 1. The molecule has 0 unspecified atom stereocenters. The molecular weight excluding hydrogens is 414 g/mol. The van der Waals surface area contributed by atoms with Gasteiger partial charge in [-0.1, -0.05) is 23.7 Å². The van der Waals surface area contributed by atoms with E-state index in [0.717, 1.165) is 12.8 Å². The van der Waals surface area contributed by atoms with Gasteiger partial charge in [-0.2, -0.15) is 13.1 Å². The number of ether oxygens (including phenoxy) is 1. The molecule has 1 N–H and O–H groups in total. The number of alkyl halides is 2. The van der Waals surface area contributed by atoms with E-state index >= 15 is 0 Å². The molecule has 0 spiro atoms. The highest BCUT2D eigenvalue weighted by molar-refractivity contribution is 7.89. The van der Waals surface area contributed by atoms with Gasteiger partial charge >= 0.3 is 6.61 Å². The molecule has 10 heteroatoms. The predicted molar refractivity (Wildman–Crippen MR) is 100 cm³/mol. The van der Waals surface area contributed by atoms with Crippen LogP contribution in [-0.2, 0) is 10.0 Å². The number of carbonyl (C=O) groups excluding carboxylic acids is 1. The van der Waals surface area contributed by atoms with Crippen molar-refractivity contribution in [1.82, 2.24) is 4.31 Å². The largest absolute Gasteiger partial charge is 0.433 e. The predicted octanol–water partition coefficient (Wildman–Crippen LogP) is 3.98. The zero-order valence-electron chi connectivity index (χ0n) is 14.6. The molecule has 2 aromatic carbocycles. The number of nitrogens with zero attached hydrogens (tertiary/aromatic N) is 1. The summed E-state index contributed by atoms with van der Waals surface area (Å²) in [5.41, 5.74) is -0.0783. The minimum atomic E-state index is -3.74. The fourth-order valence-corrected chi connectivity index (χ4v) is 4.62. The zero-order valence-corrected chi connectivity index (χ0v) is 16.1. The van der Waals surface area contributed by atoms with Gasteiger partial charge in [0.05, 0.1) is 21.2 Å². The summed E-state index contributed by atoms with van der Waals surface area (Å²) in [6.45, 7) is -2.22. The van der Waals surface area contributed by atoms with Gasteiger partial charge in [-0.25, -0.2) is 8.42 Å². The lowest BCUT2D eigenvalue weighted by molar-refractivity contribution is -0.0493. The first-order valence-corrected chi connectivity index (χ1v) is 10.3. The van der Waals surface area contributed by atoms with Gasteiger partial charge in [0.15, 0.2) is 0 Å². The third-order valence-corrected chi connectivity index (χ3v) is 6.46. The molecule has 6 nitrogen and oxygen atoms in total. The molecule has 0 radical (unpaired) electrons. The molecule has 1 saturated heterocycles. The summed E-state index contributed by atoms with van der Waals surface area (Å²) in [5.74, 6) is -0.961. The number of amides is 1. The minimum Gasteiger partial charge on any atom is -0.433 e. The van der Waals surface area contributed by atoms with Gasteiger partial charge in [0, 0.05) is 13.1 Å². The van der Waals surface area contributed by atoms with Gasteiger partial charge in [-0.05, 0) is 43.2 Å². The van der Waals surface area contributed by atoms with Crippen LogP contribution in [0.5, 0.6) is 5.75 Å². The number of hydrogen-bond donors (Lipinski definition) is 1. The van der Waals surface area contributed by atoms with Gasteiger partial charge in [0.25, 0.3) is 5.91 Å². The third kappa shape index (κ3) is 4.43. The Labute approximate surface area is 166 Å². The minimum absolute atomic E-state index is 0.0108. The molecule has 0 aliphatic carbocycles. The number of para-hydroxylation sites is 2. The Morgan fingerprint density at radius 3 is 2.50 bits per heavy atom. The highest BCUT2D eigenvalue weighted by Gasteiger charge is 2.28. The molecule has 1 fully saturated rings. The van der Waals surface area contributed by atoms with Crippen LogP contribution in [0.3, 0.4) is 0 Å². The van der Waals surface area contributed by atoms with E-state index in [9.17, 15) is 22.0 Å². The molecule has 0 aromatic heterocycles. The summed E-state index contributed by atoms with van der Waals surface area (Å²) >= 11 is 6.07. The fraction of sp³-hybridized carbons (Fsp3) is 0.278. The van der Waals surface area contributed by atoms with Crippen LogP contribution < -0.4 is 10.1 Å². The Bertz CT molecular complexity index is 979. The first-order valence-electron chi connectivity index (χ1n) is 8.44. The van der Waals surface area contributed by atoms with Crippen molar-refractivity contribution in [3.63, 3.8) is 0 Å². The Morgan fingerprint density at radius 2 is 1.82 bits per heavy atom. The summed E-state index contributed by atoms with van der Waals surface area (Å²) in [4.78, 5) is 12.6. The van der Waals surface area contributed by atoms with Crippen LogP contribution in [0.25, 0.3) is 0 Å². The summed E-state index contributed by atoms with van der Waals surface area (Å²) in [6.07, 6.45) is 1.56. The van der Waals surface area contributed by atoms with Crippen molar-refractivity contribution in [2.75, 3.05) is 18.4 Å². The van der Waals surface area contributed by atoms with Crippen LogP contribution in [-0.4, -0.2) is 38.3 Å². The maximum atomic E-state index is 12.7. The molecule has 3 rings (SSSR count). The van der Waals surface area contributed by atoms with Crippen LogP contribution in [0.1, 0.15) is 23.2 Å². The van der Waals surface area contributed by atoms with Crippen molar-refractivity contribution in [3.8, 4) is 5.75 Å². The summed E-state index contributed by atoms with van der Waals surface area (Å²) in [5, 5.41) is 2.46. The van der Waals surface area contributed by atoms with E-state index in [0.29, 0.717) is 13.1 Å². The maximum Gasteiger partial charge on any atom is 0.387 e. The number of nitrogens with one attached hydrogen (secondary N) is 1. The van der Waals surface area contributed by atoms with Crippen LogP contribution in [0.15, 0.2) is 47.4 Å². The second-order valence-electron chi connectivity index (χ2n) is 6.08. The summed E-state index contributed by atoms with van der Waals surface area (Å²) in [7, 11) is -3.74. The first kappa shape index (κ1) is 20.5. The Hall–Kier alpha value is -2.23. The molecule has 1 aliphatic rings. The van der Waals surface area contributed by atoms with Crippen LogP contribution >= 0.6 is 11.6 Å². The SMILES string of the molecule is O=C(Nc1ccccc1OC(F)F)c1cc(S(=O)(=O)N2CCCC2)ccc1Cl. The molecule has 0 saturated carbocycles. The highest BCUT2D eigenvalue weighted by atomic mass is 35.5. The van der Waals surface area contributed by atoms with Gasteiger partial charge in [0.2, 0.25) is 10.0 Å². The van der Waals surface area contributed by atoms with Crippen LogP contribution in [0, 0.1) is 0 Å². The van der Waals surface area contributed by atoms with Crippen molar-refractivity contribution in [1.29, 1.82) is 0 Å². The van der Waals surface area contributed by atoms with E-state index in [2.05, 4.69) is 10.1 Å². The topological polar surface area (TPSA) is 75.7 Å². The average molecular weight is 431 g/mol. The molecular formula is C18H17ClF2N2O4S. The molecule has 1 amide bonds. The Morgan fingerprint density at radius 1 is 1.14 bits per heavy atom. The van der Waals surface area contributed by atoms with Gasteiger partial charge in [-0.3, -0.25) is 4.79 Å². The summed E-state index contributed by atoms with van der Waals surface area (Å²) in [6, 6.07) is 9.50. The average Bonchev–Trinajstić information content (AvgIpc) is 3.18. The van der Waals surface area contributed by atoms with E-state index in [-0.39, 0.29) is 26.9 Å². The first-order chi connectivity index (χ1) is 13.3. The summed E-state index contributed by atoms with van der Waals surface area (Å²) < 4.78 is 56.2. The van der Waals surface area contributed by atoms with Crippen molar-refractivity contribution in [2.24, 2.45) is 0 Å². The van der Waals surface area contributed by atoms with Gasteiger partial charge in [-0.15, -0.1) is 0 Å². The Kier molecular flexibility index (Phi) is 6.17. The monoisotopic (exact) mass is 430 g/mol. The van der Waals surface area contributed by atoms with E-state index in [1.165, 1.54) is 46.8 Å². The molecule has 2 aromatic rings. The smallest absolute Gasteiger partial charge is 0.387 e. The number of halogens is 3. The van der Waals surface area contributed by atoms with Crippen LogP contribution in [0.4, 0.5) is 14.5 Å². The number of benzene rings is 2. The lowest BCUT2D eigenvalue weighted by Gasteiger charge is -2.17. The van der Waals surface area contributed by atoms with Gasteiger partial charge < -0.3 is 10.1 Å². The molecule has 0 atom stereocenters. The van der Waals surface area contributed by atoms with Gasteiger partial charge in [0.1, 0.15) is 5.75 Å². The lowest BCUT2D eigenvalue weighted by Crippen LogP contribution is -2.28. The van der Waals surface area contributed by atoms with E-state index < -0.39 is 22.5 Å². The van der Waals surface area contributed by atoms with Crippen LogP contribution in [0.2, 0.25) is 5.02 Å². The van der Waals surface area contributed by atoms with Crippen molar-refractivity contribution < 1.29 is 26.7 Å². The number of rotatable bonds is 6. The zero-order chi connectivity index (χ0) is 20.3. The second kappa shape index (κ2) is 8.42. The highest BCUT2D eigenvalue weighted by Crippen LogP contribution is 2.29. The molecule has 28 heavy (non-hydrogen) atoms. The Balaban J connectivity index is 1.89. The number of sulfonamides is 1. The second-order valence-corrected chi connectivity index (χ2v) is 8.43. The third-order valence-electron chi connectivity index (χ3n) is 4.24. The number of carbonyl (C=O) groups is 1. The van der Waals surface area contributed by atoms with E-state index in [4.69, 9.17) is 11.6 Å². The molecule has 0 bridgehead atoms. The van der Waals surface area contributed by atoms with E-state index in [1.807, 2.05) is 0 Å². The molecule has 150 valence electrons. The van der Waals surface area contributed by atoms with Crippen molar-refractivity contribution in [3.05, 3.63) is 53.1 Å². The normalized spacial score (nSPS) is 15.0. The standard InChI is InChI=1S/C18H17ClF2N2O4S/c19-14-8-7-12(28(25,26)23-9-3-4-10-23)11-13(14)17(24)22-15-5-1-2-6-16(15)27-18(20)21/h1-2,5-8,11,18H,3-4,9-10H2,(H,22,24). The van der Waals surface area contributed by atoms with Crippen molar-refractivity contribution >= 4 is 33.2 Å². The fourth-order valence-electron chi connectivity index (χ4n) is 2.87. The van der Waals surface area contributed by atoms with Crippen molar-refractivity contribution in [2.45, 2.75) is 24.3 Å². The maximum absolute atomic E-state index is 12.7. The number of hydrogen-bond acceptors (Lipinski definition) is 4.